The number of alkyl halides is 3. The van der Waals surface area contributed by atoms with Crippen LogP contribution in [0.25, 0.3) is 6.08 Å². The highest BCUT2D eigenvalue weighted by Gasteiger charge is 2.30. The maximum absolute atomic E-state index is 11.9. The fourth-order valence-corrected chi connectivity index (χ4v) is 1.16. The van der Waals surface area contributed by atoms with Crippen molar-refractivity contribution < 1.29 is 27.4 Å². The lowest BCUT2D eigenvalue weighted by Gasteiger charge is -2.08. The lowest BCUT2D eigenvalue weighted by atomic mass is 10.2. The summed E-state index contributed by atoms with van der Waals surface area (Å²) >= 11 is 0. The second-order valence-corrected chi connectivity index (χ2v) is 3.30. The molecule has 0 spiro atoms. The van der Waals surface area contributed by atoms with Gasteiger partial charge in [-0.1, -0.05) is 24.3 Å². The molecule has 0 atom stereocenters. The first kappa shape index (κ1) is 14.1. The van der Waals surface area contributed by atoms with Crippen molar-refractivity contribution in [1.29, 1.82) is 0 Å². The van der Waals surface area contributed by atoms with Crippen LogP contribution in [0, 0.1) is 0 Å². The van der Waals surface area contributed by atoms with Crippen LogP contribution >= 0.6 is 0 Å². The van der Waals surface area contributed by atoms with Crippen LogP contribution in [0.2, 0.25) is 0 Å². The van der Waals surface area contributed by atoms with Gasteiger partial charge in [0.2, 0.25) is 0 Å². The van der Waals surface area contributed by atoms with Crippen molar-refractivity contribution in [1.82, 2.24) is 0 Å². The van der Waals surface area contributed by atoms with E-state index in [4.69, 9.17) is 0 Å². The Labute approximate surface area is 102 Å². The Hall–Kier alpha value is -1.98. The molecule has 98 valence electrons. The lowest BCUT2D eigenvalue weighted by molar-refractivity contribution is -0.274. The summed E-state index contributed by atoms with van der Waals surface area (Å²) in [5.74, 6) is -0.670. The first-order chi connectivity index (χ1) is 8.40. The van der Waals surface area contributed by atoms with Crippen molar-refractivity contribution in [2.45, 2.75) is 12.8 Å². The van der Waals surface area contributed by atoms with Crippen LogP contribution in [-0.4, -0.2) is 19.4 Å². The van der Waals surface area contributed by atoms with Gasteiger partial charge in [0, 0.05) is 0 Å². The lowest BCUT2D eigenvalue weighted by Crippen LogP contribution is -2.16. The Kier molecular flexibility index (Phi) is 4.76. The standard InChI is InChI=1S/C12H11F3O3/c1-17-11(16)4-2-3-9-5-7-10(8-6-9)18-12(13,14)15/h2-3,5-8H,4H2,1H3. The molecule has 0 amide bonds. The number of ether oxygens (including phenoxy) is 2. The minimum Gasteiger partial charge on any atom is -0.469 e. The summed E-state index contributed by atoms with van der Waals surface area (Å²) in [6.07, 6.45) is -1.42. The maximum atomic E-state index is 11.9. The third-order valence-corrected chi connectivity index (χ3v) is 1.94. The van der Waals surface area contributed by atoms with E-state index in [1.54, 1.807) is 12.2 Å². The predicted octanol–water partition coefficient (Wildman–Crippen LogP) is 3.16. The van der Waals surface area contributed by atoms with Crippen LogP contribution in [-0.2, 0) is 9.53 Å². The molecule has 3 nitrogen and oxygen atoms in total. The number of halogens is 3. The van der Waals surface area contributed by atoms with Crippen LogP contribution in [0.3, 0.4) is 0 Å². The summed E-state index contributed by atoms with van der Waals surface area (Å²) in [6.45, 7) is 0. The molecule has 0 heterocycles. The minimum atomic E-state index is -4.69. The van der Waals surface area contributed by atoms with E-state index in [1.165, 1.54) is 31.4 Å². The number of hydrogen-bond acceptors (Lipinski definition) is 3. The average Bonchev–Trinajstić information content (AvgIpc) is 2.29. The van der Waals surface area contributed by atoms with Gasteiger partial charge in [-0.25, -0.2) is 0 Å². The van der Waals surface area contributed by atoms with Crippen molar-refractivity contribution >= 4 is 12.0 Å². The summed E-state index contributed by atoms with van der Waals surface area (Å²) < 4.78 is 43.8. The third-order valence-electron chi connectivity index (χ3n) is 1.94. The Morgan fingerprint density at radius 3 is 2.39 bits per heavy atom. The number of hydrogen-bond donors (Lipinski definition) is 0. The largest absolute Gasteiger partial charge is 0.573 e. The van der Waals surface area contributed by atoms with Crippen LogP contribution in [0.15, 0.2) is 30.3 Å². The predicted molar refractivity (Wildman–Crippen MR) is 58.8 cm³/mol. The monoisotopic (exact) mass is 260 g/mol. The summed E-state index contributed by atoms with van der Waals surface area (Å²) in [5, 5.41) is 0. The highest BCUT2D eigenvalue weighted by Crippen LogP contribution is 2.22. The van der Waals surface area contributed by atoms with Crippen molar-refractivity contribution in [3.8, 4) is 5.75 Å². The quantitative estimate of drug-likeness (QED) is 0.780. The molecule has 0 aliphatic rings. The molecule has 0 saturated carbocycles. The van der Waals surface area contributed by atoms with E-state index in [0.717, 1.165) is 0 Å². The zero-order chi connectivity index (χ0) is 13.6. The molecule has 0 N–H and O–H groups in total. The highest BCUT2D eigenvalue weighted by atomic mass is 19.4. The molecular formula is C12H11F3O3. The van der Waals surface area contributed by atoms with Gasteiger partial charge in [0.05, 0.1) is 13.5 Å². The van der Waals surface area contributed by atoms with Crippen molar-refractivity contribution in [2.24, 2.45) is 0 Å². The number of methoxy groups -OCH3 is 1. The van der Waals surface area contributed by atoms with Crippen LogP contribution in [0.4, 0.5) is 13.2 Å². The summed E-state index contributed by atoms with van der Waals surface area (Å²) in [4.78, 5) is 10.8. The molecule has 1 rings (SSSR count). The molecule has 6 heteroatoms. The Bertz CT molecular complexity index is 421. The normalized spacial score (nSPS) is 11.6. The first-order valence-corrected chi connectivity index (χ1v) is 5.00. The Morgan fingerprint density at radius 2 is 1.89 bits per heavy atom. The molecule has 0 saturated heterocycles. The van der Waals surface area contributed by atoms with Gasteiger partial charge in [-0.15, -0.1) is 13.2 Å². The fraction of sp³-hybridized carbons (Fsp3) is 0.250. The van der Waals surface area contributed by atoms with E-state index < -0.39 is 6.36 Å². The van der Waals surface area contributed by atoms with E-state index in [9.17, 15) is 18.0 Å². The van der Waals surface area contributed by atoms with E-state index >= 15 is 0 Å². The van der Waals surface area contributed by atoms with Gasteiger partial charge in [0.25, 0.3) is 0 Å². The average molecular weight is 260 g/mol. The van der Waals surface area contributed by atoms with Crippen molar-refractivity contribution in [3.63, 3.8) is 0 Å². The summed E-state index contributed by atoms with van der Waals surface area (Å²) in [5.41, 5.74) is 0.661. The minimum absolute atomic E-state index is 0.108. The SMILES string of the molecule is COC(=O)CC=Cc1ccc(OC(F)(F)F)cc1. The highest BCUT2D eigenvalue weighted by molar-refractivity contribution is 5.72. The van der Waals surface area contributed by atoms with Gasteiger partial charge in [-0.3, -0.25) is 4.79 Å². The second-order valence-electron chi connectivity index (χ2n) is 3.30. The van der Waals surface area contributed by atoms with E-state index in [-0.39, 0.29) is 18.1 Å². The second kappa shape index (κ2) is 6.09. The summed E-state index contributed by atoms with van der Waals surface area (Å²) in [7, 11) is 1.28. The molecule has 0 radical (unpaired) electrons. The van der Waals surface area contributed by atoms with E-state index in [1.807, 2.05) is 0 Å². The van der Waals surface area contributed by atoms with Gasteiger partial charge in [0.15, 0.2) is 0 Å². The zero-order valence-electron chi connectivity index (χ0n) is 9.53. The van der Waals surface area contributed by atoms with Crippen LogP contribution in [0.5, 0.6) is 5.75 Å². The van der Waals surface area contributed by atoms with Gasteiger partial charge >= 0.3 is 12.3 Å². The molecular weight excluding hydrogens is 249 g/mol. The van der Waals surface area contributed by atoms with Crippen LogP contribution in [0.1, 0.15) is 12.0 Å². The Morgan fingerprint density at radius 1 is 1.28 bits per heavy atom. The van der Waals surface area contributed by atoms with Crippen molar-refractivity contribution in [2.75, 3.05) is 7.11 Å². The zero-order valence-corrected chi connectivity index (χ0v) is 9.53. The molecule has 0 unspecified atom stereocenters. The molecule has 1 aromatic carbocycles. The van der Waals surface area contributed by atoms with Gasteiger partial charge in [-0.05, 0) is 17.7 Å². The third kappa shape index (κ3) is 5.38. The number of carbonyl (C=O) groups is 1. The molecule has 1 aromatic rings. The van der Waals surface area contributed by atoms with E-state index in [0.29, 0.717) is 5.56 Å². The Balaban J connectivity index is 2.58. The van der Waals surface area contributed by atoms with Gasteiger partial charge < -0.3 is 9.47 Å². The molecule has 0 bridgehead atoms. The number of esters is 1. The number of rotatable bonds is 4. The summed E-state index contributed by atoms with van der Waals surface area (Å²) in [6, 6.07) is 5.31. The molecule has 18 heavy (non-hydrogen) atoms. The maximum Gasteiger partial charge on any atom is 0.573 e. The van der Waals surface area contributed by atoms with E-state index in [2.05, 4.69) is 9.47 Å². The number of benzene rings is 1. The molecule has 0 aromatic heterocycles. The topological polar surface area (TPSA) is 35.5 Å². The first-order valence-electron chi connectivity index (χ1n) is 5.00. The molecule has 0 aliphatic carbocycles. The van der Waals surface area contributed by atoms with Gasteiger partial charge in [-0.2, -0.15) is 0 Å². The van der Waals surface area contributed by atoms with Crippen LogP contribution < -0.4 is 4.74 Å². The molecule has 0 aliphatic heterocycles. The fourth-order valence-electron chi connectivity index (χ4n) is 1.16. The van der Waals surface area contributed by atoms with Gasteiger partial charge in [0.1, 0.15) is 5.75 Å². The smallest absolute Gasteiger partial charge is 0.469 e. The number of carbonyl (C=O) groups excluding carboxylic acids is 1. The van der Waals surface area contributed by atoms with Crippen molar-refractivity contribution in [3.05, 3.63) is 35.9 Å². The molecule has 0 fully saturated rings.